The summed E-state index contributed by atoms with van der Waals surface area (Å²) in [5, 5.41) is 31.1. The molecule has 1 radical (unpaired) electrons. The molecule has 2 saturated heterocycles. The van der Waals surface area contributed by atoms with Crippen molar-refractivity contribution in [2.75, 3.05) is 10.6 Å². The Bertz CT molecular complexity index is 1150. The summed E-state index contributed by atoms with van der Waals surface area (Å²) in [5.41, 5.74) is 1.16. The molecule has 4 rings (SSSR count). The largest absolute Gasteiger partial charge is 0.446 e. The van der Waals surface area contributed by atoms with Crippen molar-refractivity contribution in [1.82, 2.24) is 10.1 Å². The van der Waals surface area contributed by atoms with Gasteiger partial charge in [-0.25, -0.2) is 9.59 Å². The maximum Gasteiger partial charge on any atom is 0.411 e. The smallest absolute Gasteiger partial charge is 0.411 e. The van der Waals surface area contributed by atoms with Gasteiger partial charge in [-0.1, -0.05) is 24.3 Å². The van der Waals surface area contributed by atoms with Crippen LogP contribution in [0.2, 0.25) is 0 Å². The molecule has 2 aliphatic rings. The molecule has 10 nitrogen and oxygen atoms in total. The molecule has 0 aliphatic carbocycles. The zero-order chi connectivity index (χ0) is 31.8. The summed E-state index contributed by atoms with van der Waals surface area (Å²) in [4.78, 5) is 25.2. The topological polar surface area (TPSA) is 123 Å². The fourth-order valence-corrected chi connectivity index (χ4v) is 6.76. The van der Waals surface area contributed by atoms with Crippen molar-refractivity contribution in [2.24, 2.45) is 0 Å². The van der Waals surface area contributed by atoms with E-state index in [4.69, 9.17) is 9.47 Å². The number of rotatable bonds is 6. The van der Waals surface area contributed by atoms with Gasteiger partial charge in [-0.3, -0.25) is 10.6 Å². The minimum Gasteiger partial charge on any atom is -0.446 e. The highest BCUT2D eigenvalue weighted by atomic mass is 16.6. The maximum absolute atomic E-state index is 12.6. The van der Waals surface area contributed by atoms with Crippen molar-refractivity contribution in [1.29, 1.82) is 0 Å². The number of hydrogen-bond acceptors (Lipinski definition) is 7. The molecule has 10 heteroatoms. The Balaban J connectivity index is 1.25. The number of nitrogens with zero attached hydrogens (tertiary/aromatic N) is 2. The highest BCUT2D eigenvalue weighted by Crippen LogP contribution is 2.39. The van der Waals surface area contributed by atoms with Crippen LogP contribution in [-0.4, -0.2) is 61.9 Å². The normalized spacial score (nSPS) is 22.0. The number of piperidine rings is 2. The molecule has 2 aromatic rings. The molecule has 2 aromatic carbocycles. The predicted octanol–water partition coefficient (Wildman–Crippen LogP) is 7.15. The number of benzene rings is 2. The van der Waals surface area contributed by atoms with Gasteiger partial charge in [0.15, 0.2) is 0 Å². The third-order valence-electron chi connectivity index (χ3n) is 8.51. The van der Waals surface area contributed by atoms with Gasteiger partial charge in [-0.05, 0) is 97.2 Å². The van der Waals surface area contributed by atoms with E-state index in [1.54, 1.807) is 0 Å². The van der Waals surface area contributed by atoms with Crippen LogP contribution in [-0.2, 0) is 21.1 Å². The summed E-state index contributed by atoms with van der Waals surface area (Å²) in [6, 6.07) is 15.1. The molecule has 2 fully saturated rings. The molecule has 0 atom stereocenters. The fourth-order valence-electron chi connectivity index (χ4n) is 6.76. The van der Waals surface area contributed by atoms with E-state index >= 15 is 0 Å². The van der Waals surface area contributed by atoms with Crippen LogP contribution >= 0.6 is 0 Å². The van der Waals surface area contributed by atoms with E-state index in [2.05, 4.69) is 10.6 Å². The summed E-state index contributed by atoms with van der Waals surface area (Å²) < 4.78 is 11.4. The Morgan fingerprint density at radius 2 is 1.00 bits per heavy atom. The first-order valence-corrected chi connectivity index (χ1v) is 15.0. The van der Waals surface area contributed by atoms with E-state index in [0.29, 0.717) is 43.5 Å². The van der Waals surface area contributed by atoms with Gasteiger partial charge < -0.3 is 14.7 Å². The van der Waals surface area contributed by atoms with Crippen molar-refractivity contribution in [3.8, 4) is 0 Å². The van der Waals surface area contributed by atoms with Gasteiger partial charge in [-0.15, -0.1) is 10.3 Å². The number of hydrogen-bond donors (Lipinski definition) is 3. The van der Waals surface area contributed by atoms with E-state index in [1.807, 2.05) is 104 Å². The first-order valence-electron chi connectivity index (χ1n) is 15.0. The second-order valence-corrected chi connectivity index (χ2v) is 14.5. The Labute approximate surface area is 255 Å². The lowest BCUT2D eigenvalue weighted by atomic mass is 9.80. The first-order chi connectivity index (χ1) is 19.9. The Morgan fingerprint density at radius 3 is 1.35 bits per heavy atom. The van der Waals surface area contributed by atoms with Gasteiger partial charge in [0.25, 0.3) is 0 Å². The highest BCUT2D eigenvalue weighted by molar-refractivity contribution is 5.85. The highest BCUT2D eigenvalue weighted by Gasteiger charge is 2.48. The van der Waals surface area contributed by atoms with E-state index in [0.717, 1.165) is 16.2 Å². The van der Waals surface area contributed by atoms with E-state index in [-0.39, 0.29) is 12.2 Å². The SMILES string of the molecule is CC1(C)CC(OC(=O)Nc2ccc(Cc3ccc(NC(=O)OC4CC(C)(C)N(O)C(C)(C)C4)cc3)cc2)CC(C)(C)N1[O]. The zero-order valence-electron chi connectivity index (χ0n) is 26.7. The summed E-state index contributed by atoms with van der Waals surface area (Å²) >= 11 is 0. The quantitative estimate of drug-likeness (QED) is 0.324. The Kier molecular flexibility index (Phi) is 9.19. The zero-order valence-corrected chi connectivity index (χ0v) is 26.7. The molecule has 0 saturated carbocycles. The molecule has 0 unspecified atom stereocenters. The van der Waals surface area contributed by atoms with Crippen LogP contribution in [0.4, 0.5) is 21.0 Å². The van der Waals surface area contributed by atoms with Crippen molar-refractivity contribution in [3.05, 3.63) is 59.7 Å². The van der Waals surface area contributed by atoms with Crippen LogP contribution in [0.3, 0.4) is 0 Å². The van der Waals surface area contributed by atoms with Gasteiger partial charge >= 0.3 is 12.2 Å². The number of ether oxygens (including phenoxy) is 2. The second-order valence-electron chi connectivity index (χ2n) is 14.5. The number of carbonyl (C=O) groups is 2. The van der Waals surface area contributed by atoms with Gasteiger partial charge in [-0.2, -0.15) is 5.06 Å². The van der Waals surface area contributed by atoms with Gasteiger partial charge in [0.2, 0.25) is 0 Å². The van der Waals surface area contributed by atoms with E-state index < -0.39 is 34.3 Å². The van der Waals surface area contributed by atoms with E-state index in [1.165, 1.54) is 5.06 Å². The standard InChI is InChI=1S/C33H47N4O6/c1-30(2)18-26(19-31(3,4)36(30)40)42-28(38)34-24-13-9-22(10-14-24)17-23-11-15-25(16-12-23)35-29(39)43-27-20-32(5,6)37(41)33(7,8)21-27/h9-16,26-27,40H,17-21H2,1-8H3,(H,34,38)(H,35,39). The molecule has 0 bridgehead atoms. The summed E-state index contributed by atoms with van der Waals surface area (Å²) in [6.45, 7) is 15.2. The van der Waals surface area contributed by atoms with Crippen LogP contribution in [0.25, 0.3) is 0 Å². The maximum atomic E-state index is 12.6. The van der Waals surface area contributed by atoms with Crippen LogP contribution in [0.1, 0.15) is 92.2 Å². The van der Waals surface area contributed by atoms with Gasteiger partial charge in [0, 0.05) is 59.2 Å². The average molecular weight is 596 g/mol. The molecule has 2 heterocycles. The summed E-state index contributed by atoms with van der Waals surface area (Å²) in [5.74, 6) is 0. The molecule has 0 aromatic heterocycles. The van der Waals surface area contributed by atoms with Crippen LogP contribution in [0, 0.1) is 0 Å². The molecule has 2 amide bonds. The lowest BCUT2D eigenvalue weighted by molar-refractivity contribution is -0.297. The van der Waals surface area contributed by atoms with Crippen molar-refractivity contribution in [2.45, 2.75) is 122 Å². The monoisotopic (exact) mass is 595 g/mol. The first kappa shape index (κ1) is 32.7. The lowest BCUT2D eigenvalue weighted by Gasteiger charge is -2.50. The molecule has 43 heavy (non-hydrogen) atoms. The van der Waals surface area contributed by atoms with Crippen molar-refractivity contribution >= 4 is 23.6 Å². The summed E-state index contributed by atoms with van der Waals surface area (Å²) in [7, 11) is 0. The number of anilines is 2. The molecular weight excluding hydrogens is 548 g/mol. The lowest BCUT2D eigenvalue weighted by Crippen LogP contribution is -2.60. The van der Waals surface area contributed by atoms with Crippen LogP contribution in [0.15, 0.2) is 48.5 Å². The van der Waals surface area contributed by atoms with Gasteiger partial charge in [0.1, 0.15) is 12.2 Å². The molecule has 235 valence electrons. The van der Waals surface area contributed by atoms with Crippen molar-refractivity contribution < 1.29 is 29.5 Å². The second kappa shape index (κ2) is 12.1. The fraction of sp³-hybridized carbons (Fsp3) is 0.576. The molecule has 3 N–H and O–H groups in total. The number of carbonyl (C=O) groups excluding carboxylic acids is 2. The van der Waals surface area contributed by atoms with Crippen LogP contribution in [0.5, 0.6) is 0 Å². The number of nitrogens with one attached hydrogen (secondary N) is 2. The van der Waals surface area contributed by atoms with Crippen molar-refractivity contribution in [3.63, 3.8) is 0 Å². The molecular formula is C33H47N4O6. The summed E-state index contributed by atoms with van der Waals surface area (Å²) in [6.07, 6.45) is 1.01. The number of hydroxylamine groups is 4. The third kappa shape index (κ3) is 8.06. The molecule has 2 aliphatic heterocycles. The minimum atomic E-state index is -0.611. The number of amides is 2. The Hall–Kier alpha value is -3.18. The van der Waals surface area contributed by atoms with Crippen LogP contribution < -0.4 is 10.6 Å². The molecule has 0 spiro atoms. The van der Waals surface area contributed by atoms with Gasteiger partial charge in [0.05, 0.1) is 0 Å². The third-order valence-corrected chi connectivity index (χ3v) is 8.51. The van der Waals surface area contributed by atoms with E-state index in [9.17, 15) is 20.0 Å². The predicted molar refractivity (Wildman–Crippen MR) is 164 cm³/mol. The Morgan fingerprint density at radius 1 is 0.674 bits per heavy atom. The minimum absolute atomic E-state index is 0.302. The average Bonchev–Trinajstić information content (AvgIpc) is 2.87.